The molecule has 21 heavy (non-hydrogen) atoms. The van der Waals surface area contributed by atoms with Crippen molar-refractivity contribution < 1.29 is 19.4 Å². The number of aliphatic carboxylic acids is 1. The van der Waals surface area contributed by atoms with Crippen LogP contribution in [0.25, 0.3) is 0 Å². The minimum atomic E-state index is -1.12. The van der Waals surface area contributed by atoms with Crippen LogP contribution in [0, 0.1) is 0 Å². The molecule has 0 aliphatic carbocycles. The van der Waals surface area contributed by atoms with Gasteiger partial charge in [-0.25, -0.2) is 9.59 Å². The SMILES string of the molecule is O=C(O)C1CN(C(=O)Nc2cnns2)c2ccccc2O1. The van der Waals surface area contributed by atoms with Crippen molar-refractivity contribution >= 4 is 34.2 Å². The molecule has 0 radical (unpaired) electrons. The predicted molar refractivity (Wildman–Crippen MR) is 74.8 cm³/mol. The largest absolute Gasteiger partial charge is 0.478 e. The second-order valence-corrected chi connectivity index (χ2v) is 5.02. The van der Waals surface area contributed by atoms with Gasteiger partial charge in [0.05, 0.1) is 18.4 Å². The fourth-order valence-electron chi connectivity index (χ4n) is 1.95. The normalized spacial score (nSPS) is 16.8. The minimum absolute atomic E-state index is 0.0790. The van der Waals surface area contributed by atoms with Crippen LogP contribution >= 0.6 is 11.5 Å². The molecule has 2 aromatic rings. The van der Waals surface area contributed by atoms with Gasteiger partial charge in [-0.05, 0) is 12.1 Å². The Morgan fingerprint density at radius 1 is 1.43 bits per heavy atom. The van der Waals surface area contributed by atoms with Crippen molar-refractivity contribution in [1.29, 1.82) is 0 Å². The van der Waals surface area contributed by atoms with E-state index in [1.165, 1.54) is 11.1 Å². The van der Waals surface area contributed by atoms with E-state index in [4.69, 9.17) is 9.84 Å². The number of ether oxygens (including phenoxy) is 1. The molecule has 108 valence electrons. The maximum absolute atomic E-state index is 12.3. The maximum Gasteiger partial charge on any atom is 0.346 e. The number of hydrogen-bond donors (Lipinski definition) is 2. The number of carboxylic acid groups (broad SMARTS) is 1. The Morgan fingerprint density at radius 2 is 2.24 bits per heavy atom. The molecular formula is C12H10N4O4S. The lowest BCUT2D eigenvalue weighted by molar-refractivity contribution is -0.144. The van der Waals surface area contributed by atoms with Gasteiger partial charge in [-0.3, -0.25) is 10.2 Å². The number of nitrogens with zero attached hydrogens (tertiary/aromatic N) is 3. The van der Waals surface area contributed by atoms with E-state index >= 15 is 0 Å². The summed E-state index contributed by atoms with van der Waals surface area (Å²) in [5, 5.41) is 15.8. The van der Waals surface area contributed by atoms with Crippen molar-refractivity contribution in [2.24, 2.45) is 0 Å². The molecule has 0 saturated carbocycles. The summed E-state index contributed by atoms with van der Waals surface area (Å²) < 4.78 is 9.01. The summed E-state index contributed by atoms with van der Waals surface area (Å²) in [6.45, 7) is -0.0790. The number of carbonyl (C=O) groups is 2. The molecule has 1 aromatic carbocycles. The molecule has 8 nitrogen and oxygen atoms in total. The van der Waals surface area contributed by atoms with Gasteiger partial charge in [0, 0.05) is 11.5 Å². The average molecular weight is 306 g/mol. The number of amides is 2. The first-order valence-corrected chi connectivity index (χ1v) is 6.77. The Labute approximate surface area is 123 Å². The van der Waals surface area contributed by atoms with Crippen molar-refractivity contribution in [2.75, 3.05) is 16.8 Å². The first-order chi connectivity index (χ1) is 10.1. The number of nitrogens with one attached hydrogen (secondary N) is 1. The topological polar surface area (TPSA) is 105 Å². The zero-order chi connectivity index (χ0) is 14.8. The number of fused-ring (bicyclic) bond motifs is 1. The van der Waals surface area contributed by atoms with Crippen LogP contribution in [0.2, 0.25) is 0 Å². The molecule has 1 unspecified atom stereocenters. The predicted octanol–water partition coefficient (Wildman–Crippen LogP) is 1.42. The van der Waals surface area contributed by atoms with Gasteiger partial charge in [-0.1, -0.05) is 16.6 Å². The van der Waals surface area contributed by atoms with Crippen LogP contribution in [0.1, 0.15) is 0 Å². The van der Waals surface area contributed by atoms with Crippen LogP contribution in [-0.4, -0.2) is 39.3 Å². The zero-order valence-electron chi connectivity index (χ0n) is 10.6. The van der Waals surface area contributed by atoms with Crippen LogP contribution in [0.3, 0.4) is 0 Å². The molecule has 3 rings (SSSR count). The van der Waals surface area contributed by atoms with Crippen LogP contribution < -0.4 is 15.0 Å². The van der Waals surface area contributed by atoms with Gasteiger partial charge in [-0.15, -0.1) is 5.10 Å². The third kappa shape index (κ3) is 2.63. The van der Waals surface area contributed by atoms with E-state index in [-0.39, 0.29) is 6.54 Å². The number of anilines is 2. The molecule has 2 N–H and O–H groups in total. The third-order valence-corrected chi connectivity index (χ3v) is 3.47. The lowest BCUT2D eigenvalue weighted by Gasteiger charge is -2.32. The molecule has 1 aliphatic heterocycles. The summed E-state index contributed by atoms with van der Waals surface area (Å²) in [7, 11) is 0. The van der Waals surface area contributed by atoms with E-state index in [0.29, 0.717) is 16.4 Å². The van der Waals surface area contributed by atoms with E-state index in [1.807, 2.05) is 0 Å². The van der Waals surface area contributed by atoms with Crippen molar-refractivity contribution in [1.82, 2.24) is 9.59 Å². The van der Waals surface area contributed by atoms with Crippen molar-refractivity contribution in [3.8, 4) is 5.75 Å². The Balaban J connectivity index is 1.89. The number of aromatic nitrogens is 2. The number of para-hydroxylation sites is 2. The summed E-state index contributed by atoms with van der Waals surface area (Å²) in [5.74, 6) is -0.768. The third-order valence-electron chi connectivity index (χ3n) is 2.89. The minimum Gasteiger partial charge on any atom is -0.478 e. The summed E-state index contributed by atoms with van der Waals surface area (Å²) in [6, 6.07) is 6.32. The van der Waals surface area contributed by atoms with Gasteiger partial charge in [0.15, 0.2) is 0 Å². The van der Waals surface area contributed by atoms with E-state index in [0.717, 1.165) is 11.5 Å². The monoisotopic (exact) mass is 306 g/mol. The first kappa shape index (κ1) is 13.3. The number of hydrogen-bond acceptors (Lipinski definition) is 6. The molecule has 0 fully saturated rings. The van der Waals surface area contributed by atoms with Crippen LogP contribution in [-0.2, 0) is 4.79 Å². The van der Waals surface area contributed by atoms with Gasteiger partial charge >= 0.3 is 12.0 Å². The lowest BCUT2D eigenvalue weighted by Crippen LogP contribution is -2.48. The molecular weight excluding hydrogens is 296 g/mol. The van der Waals surface area contributed by atoms with Gasteiger partial charge in [0.25, 0.3) is 0 Å². The highest BCUT2D eigenvalue weighted by Gasteiger charge is 2.33. The Bertz CT molecular complexity index is 676. The Kier molecular flexibility index (Phi) is 3.40. The molecule has 9 heteroatoms. The highest BCUT2D eigenvalue weighted by atomic mass is 32.1. The fraction of sp³-hybridized carbons (Fsp3) is 0.167. The smallest absolute Gasteiger partial charge is 0.346 e. The van der Waals surface area contributed by atoms with Crippen LogP contribution in [0.5, 0.6) is 5.75 Å². The van der Waals surface area contributed by atoms with Crippen molar-refractivity contribution in [3.05, 3.63) is 30.5 Å². The van der Waals surface area contributed by atoms with Gasteiger partial charge in [-0.2, -0.15) is 0 Å². The highest BCUT2D eigenvalue weighted by Crippen LogP contribution is 2.33. The van der Waals surface area contributed by atoms with Gasteiger partial charge in [0.2, 0.25) is 6.10 Å². The standard InChI is InChI=1S/C12H10N4O4S/c17-11(18)9-6-16(7-3-1-2-4-8(7)20-9)12(19)14-10-5-13-15-21-10/h1-5,9H,6H2,(H,14,19)(H,17,18). The number of carbonyl (C=O) groups excluding carboxylic acids is 1. The van der Waals surface area contributed by atoms with Crippen LogP contribution in [0.4, 0.5) is 15.5 Å². The Hall–Kier alpha value is -2.68. The van der Waals surface area contributed by atoms with E-state index in [9.17, 15) is 9.59 Å². The quantitative estimate of drug-likeness (QED) is 0.869. The van der Waals surface area contributed by atoms with Crippen molar-refractivity contribution in [2.45, 2.75) is 6.10 Å². The molecule has 2 heterocycles. The zero-order valence-corrected chi connectivity index (χ0v) is 11.4. The number of urea groups is 1. The first-order valence-electron chi connectivity index (χ1n) is 5.99. The lowest BCUT2D eigenvalue weighted by atomic mass is 10.2. The molecule has 0 spiro atoms. The number of benzene rings is 1. The molecule has 1 aromatic heterocycles. The average Bonchev–Trinajstić information content (AvgIpc) is 2.98. The van der Waals surface area contributed by atoms with Gasteiger partial charge in [0.1, 0.15) is 10.8 Å². The summed E-state index contributed by atoms with van der Waals surface area (Å²) in [6.07, 6.45) is 0.314. The molecule has 0 bridgehead atoms. The second kappa shape index (κ2) is 5.37. The highest BCUT2D eigenvalue weighted by molar-refractivity contribution is 7.10. The Morgan fingerprint density at radius 3 is 2.95 bits per heavy atom. The maximum atomic E-state index is 12.3. The molecule has 0 saturated heterocycles. The van der Waals surface area contributed by atoms with E-state index in [2.05, 4.69) is 14.9 Å². The summed E-state index contributed by atoms with van der Waals surface area (Å²) >= 11 is 1.04. The molecule has 2 amide bonds. The number of carboxylic acids is 1. The van der Waals surface area contributed by atoms with E-state index < -0.39 is 18.1 Å². The van der Waals surface area contributed by atoms with E-state index in [1.54, 1.807) is 24.3 Å². The number of rotatable bonds is 2. The fourth-order valence-corrected chi connectivity index (χ4v) is 2.36. The summed E-state index contributed by atoms with van der Waals surface area (Å²) in [5.41, 5.74) is 0.518. The van der Waals surface area contributed by atoms with Crippen LogP contribution in [0.15, 0.2) is 30.5 Å². The second-order valence-electron chi connectivity index (χ2n) is 4.23. The van der Waals surface area contributed by atoms with Gasteiger partial charge < -0.3 is 9.84 Å². The van der Waals surface area contributed by atoms with Crippen molar-refractivity contribution in [3.63, 3.8) is 0 Å². The molecule has 1 atom stereocenters. The summed E-state index contributed by atoms with van der Waals surface area (Å²) in [4.78, 5) is 24.8. The molecule has 1 aliphatic rings.